The van der Waals surface area contributed by atoms with E-state index in [2.05, 4.69) is 26.2 Å². The molecule has 0 fully saturated rings. The molecule has 20 heavy (non-hydrogen) atoms. The number of rotatable bonds is 7. The summed E-state index contributed by atoms with van der Waals surface area (Å²) in [7, 11) is -0.882. The number of carbonyl (C=O) groups excluding carboxylic acids is 1. The fraction of sp³-hybridized carbons (Fsp3) is 0.455. The molecule has 1 rings (SSSR count). The van der Waals surface area contributed by atoms with Crippen LogP contribution in [-0.2, 0) is 19.6 Å². The Morgan fingerprint density at radius 3 is 2.80 bits per heavy atom. The van der Waals surface area contributed by atoms with Crippen LogP contribution in [-0.4, -0.2) is 57.5 Å². The summed E-state index contributed by atoms with van der Waals surface area (Å²) in [6.45, 7) is 0.442. The lowest BCUT2D eigenvalue weighted by molar-refractivity contribution is -0.121. The van der Waals surface area contributed by atoms with Crippen molar-refractivity contribution in [3.8, 4) is 0 Å². The second-order valence-electron chi connectivity index (χ2n) is 3.94. The number of pyridine rings is 1. The molecule has 1 heterocycles. The zero-order valence-electron chi connectivity index (χ0n) is 11.2. The molecule has 1 amide bonds. The summed E-state index contributed by atoms with van der Waals surface area (Å²) >= 11 is 3.16. The lowest BCUT2D eigenvalue weighted by atomic mass is 10.5. The van der Waals surface area contributed by atoms with Gasteiger partial charge in [0.1, 0.15) is 4.90 Å². The van der Waals surface area contributed by atoms with Gasteiger partial charge in [-0.2, -0.15) is 4.31 Å². The molecule has 0 saturated heterocycles. The third-order valence-electron chi connectivity index (χ3n) is 2.38. The number of hydrogen-bond acceptors (Lipinski definition) is 5. The predicted molar refractivity (Wildman–Crippen MR) is 76.6 cm³/mol. The smallest absolute Gasteiger partial charge is 0.244 e. The highest BCUT2D eigenvalue weighted by Crippen LogP contribution is 2.17. The van der Waals surface area contributed by atoms with Crippen LogP contribution in [0.2, 0.25) is 0 Å². The minimum atomic E-state index is -3.74. The van der Waals surface area contributed by atoms with Gasteiger partial charge in [-0.15, -0.1) is 0 Å². The molecule has 0 atom stereocenters. The van der Waals surface area contributed by atoms with Crippen LogP contribution in [0.15, 0.2) is 27.8 Å². The van der Waals surface area contributed by atoms with Crippen molar-refractivity contribution < 1.29 is 17.9 Å². The lowest BCUT2D eigenvalue weighted by Gasteiger charge is -2.16. The fourth-order valence-corrected chi connectivity index (χ4v) is 2.98. The molecule has 0 saturated carbocycles. The Kier molecular flexibility index (Phi) is 6.53. The Labute approximate surface area is 126 Å². The first-order valence-electron chi connectivity index (χ1n) is 5.70. The van der Waals surface area contributed by atoms with Crippen molar-refractivity contribution in [2.24, 2.45) is 0 Å². The van der Waals surface area contributed by atoms with Crippen LogP contribution in [0, 0.1) is 0 Å². The molecular formula is C11H16BrN3O4S. The van der Waals surface area contributed by atoms with Crippen LogP contribution < -0.4 is 5.32 Å². The lowest BCUT2D eigenvalue weighted by Crippen LogP contribution is -2.39. The Morgan fingerprint density at radius 1 is 1.50 bits per heavy atom. The first-order chi connectivity index (χ1) is 9.37. The number of halogens is 1. The van der Waals surface area contributed by atoms with Gasteiger partial charge >= 0.3 is 0 Å². The molecule has 0 unspecified atom stereocenters. The molecule has 0 bridgehead atoms. The second kappa shape index (κ2) is 7.67. The molecule has 9 heteroatoms. The summed E-state index contributed by atoms with van der Waals surface area (Å²) in [5, 5.41) is 2.55. The number of nitrogens with zero attached hydrogens (tertiary/aromatic N) is 2. The second-order valence-corrected chi connectivity index (χ2v) is 6.90. The van der Waals surface area contributed by atoms with Crippen molar-refractivity contribution in [1.29, 1.82) is 0 Å². The number of hydrogen-bond donors (Lipinski definition) is 1. The van der Waals surface area contributed by atoms with E-state index in [1.807, 2.05) is 0 Å². The Bertz CT molecular complexity index is 565. The standard InChI is InChI=1S/C11H16BrN3O4S/c1-15(8-11(16)14-3-4-19-2)20(17,18)10-5-9(12)6-13-7-10/h5-7H,3-4,8H2,1-2H3,(H,14,16). The number of likely N-dealkylation sites (N-methyl/N-ethyl adjacent to an activating group) is 1. The number of methoxy groups -OCH3 is 1. The van der Waals surface area contributed by atoms with Gasteiger partial charge in [-0.25, -0.2) is 8.42 Å². The third kappa shape index (κ3) is 4.82. The minimum absolute atomic E-state index is 0.0269. The molecule has 0 spiro atoms. The molecule has 1 aromatic rings. The van der Waals surface area contributed by atoms with Gasteiger partial charge in [-0.3, -0.25) is 9.78 Å². The summed E-state index contributed by atoms with van der Waals surface area (Å²) in [4.78, 5) is 15.4. The van der Waals surface area contributed by atoms with Gasteiger partial charge in [0.25, 0.3) is 0 Å². The van der Waals surface area contributed by atoms with Crippen molar-refractivity contribution in [2.45, 2.75) is 4.90 Å². The Hall–Kier alpha value is -1.03. The SMILES string of the molecule is COCCNC(=O)CN(C)S(=O)(=O)c1cncc(Br)c1. The van der Waals surface area contributed by atoms with Crippen LogP contribution >= 0.6 is 15.9 Å². The Balaban J connectivity index is 2.70. The van der Waals surface area contributed by atoms with Gasteiger partial charge < -0.3 is 10.1 Å². The van der Waals surface area contributed by atoms with E-state index in [1.54, 1.807) is 0 Å². The van der Waals surface area contributed by atoms with Crippen molar-refractivity contribution in [3.63, 3.8) is 0 Å². The number of nitrogens with one attached hydrogen (secondary N) is 1. The quantitative estimate of drug-likeness (QED) is 0.698. The first-order valence-corrected chi connectivity index (χ1v) is 7.93. The van der Waals surface area contributed by atoms with Crippen molar-refractivity contribution in [3.05, 3.63) is 22.9 Å². The van der Waals surface area contributed by atoms with Crippen molar-refractivity contribution in [1.82, 2.24) is 14.6 Å². The molecule has 0 aromatic carbocycles. The average molecular weight is 366 g/mol. The predicted octanol–water partition coefficient (Wildman–Crippen LogP) is 0.227. The van der Waals surface area contributed by atoms with Gasteiger partial charge in [0, 0.05) is 37.6 Å². The van der Waals surface area contributed by atoms with E-state index in [-0.39, 0.29) is 11.4 Å². The van der Waals surface area contributed by atoms with Crippen molar-refractivity contribution in [2.75, 3.05) is 33.9 Å². The molecule has 0 aliphatic carbocycles. The molecule has 1 aromatic heterocycles. The monoisotopic (exact) mass is 365 g/mol. The minimum Gasteiger partial charge on any atom is -0.383 e. The van der Waals surface area contributed by atoms with E-state index < -0.39 is 15.9 Å². The third-order valence-corrected chi connectivity index (χ3v) is 4.58. The molecule has 1 N–H and O–H groups in total. The van der Waals surface area contributed by atoms with Crippen LogP contribution in [0.5, 0.6) is 0 Å². The normalized spacial score (nSPS) is 11.6. The zero-order valence-corrected chi connectivity index (χ0v) is 13.6. The van der Waals surface area contributed by atoms with E-state index in [0.717, 1.165) is 4.31 Å². The van der Waals surface area contributed by atoms with E-state index in [0.29, 0.717) is 17.6 Å². The van der Waals surface area contributed by atoms with Gasteiger partial charge in [-0.1, -0.05) is 0 Å². The fourth-order valence-electron chi connectivity index (χ4n) is 1.35. The highest BCUT2D eigenvalue weighted by atomic mass is 79.9. The summed E-state index contributed by atoms with van der Waals surface area (Å²) in [6, 6.07) is 1.43. The highest BCUT2D eigenvalue weighted by Gasteiger charge is 2.23. The van der Waals surface area contributed by atoms with E-state index >= 15 is 0 Å². The summed E-state index contributed by atoms with van der Waals surface area (Å²) in [5.74, 6) is -0.393. The Morgan fingerprint density at radius 2 is 2.20 bits per heavy atom. The number of sulfonamides is 1. The van der Waals surface area contributed by atoms with Crippen LogP contribution in [0.3, 0.4) is 0 Å². The van der Waals surface area contributed by atoms with Crippen molar-refractivity contribution >= 4 is 31.9 Å². The number of ether oxygens (including phenoxy) is 1. The summed E-state index contributed by atoms with van der Waals surface area (Å²) in [5.41, 5.74) is 0. The van der Waals surface area contributed by atoms with Gasteiger partial charge in [0.05, 0.1) is 13.2 Å². The largest absolute Gasteiger partial charge is 0.383 e. The van der Waals surface area contributed by atoms with Gasteiger partial charge in [0.2, 0.25) is 15.9 Å². The zero-order chi connectivity index (χ0) is 15.2. The van der Waals surface area contributed by atoms with Crippen LogP contribution in [0.1, 0.15) is 0 Å². The average Bonchev–Trinajstić information content (AvgIpc) is 2.39. The first kappa shape index (κ1) is 17.0. The topological polar surface area (TPSA) is 88.6 Å². The number of carbonyl (C=O) groups is 1. The molecule has 7 nitrogen and oxygen atoms in total. The number of amides is 1. The van der Waals surface area contributed by atoms with Crippen LogP contribution in [0.4, 0.5) is 0 Å². The molecule has 112 valence electrons. The number of aromatic nitrogens is 1. The molecule has 0 aliphatic heterocycles. The van der Waals surface area contributed by atoms with Gasteiger partial charge in [0.15, 0.2) is 0 Å². The molecule has 0 aliphatic rings. The van der Waals surface area contributed by atoms with Crippen LogP contribution in [0.25, 0.3) is 0 Å². The summed E-state index contributed by atoms with van der Waals surface area (Å²) in [6.07, 6.45) is 2.72. The molecule has 0 radical (unpaired) electrons. The van der Waals surface area contributed by atoms with E-state index in [1.165, 1.54) is 32.6 Å². The molecular weight excluding hydrogens is 350 g/mol. The van der Waals surface area contributed by atoms with Gasteiger partial charge in [-0.05, 0) is 22.0 Å². The maximum absolute atomic E-state index is 12.2. The maximum atomic E-state index is 12.2. The highest BCUT2D eigenvalue weighted by molar-refractivity contribution is 9.10. The summed E-state index contributed by atoms with van der Waals surface area (Å²) < 4.78 is 30.7. The maximum Gasteiger partial charge on any atom is 0.244 e. The van der Waals surface area contributed by atoms with E-state index in [4.69, 9.17) is 4.74 Å². The van der Waals surface area contributed by atoms with E-state index in [9.17, 15) is 13.2 Å².